The van der Waals surface area contributed by atoms with Gasteiger partial charge in [0.2, 0.25) is 0 Å². The van der Waals surface area contributed by atoms with Gasteiger partial charge >= 0.3 is 12.1 Å². The van der Waals surface area contributed by atoms with E-state index in [2.05, 4.69) is 4.57 Å². The summed E-state index contributed by atoms with van der Waals surface area (Å²) in [6, 6.07) is 13.7. The number of ether oxygens (including phenoxy) is 1. The molecule has 8 heteroatoms. The summed E-state index contributed by atoms with van der Waals surface area (Å²) in [5, 5.41) is 20.3. The van der Waals surface area contributed by atoms with E-state index in [-0.39, 0.29) is 24.6 Å². The highest BCUT2D eigenvalue weighted by Crippen LogP contribution is 2.42. The Morgan fingerprint density at radius 3 is 2.61 bits per heavy atom. The summed E-state index contributed by atoms with van der Waals surface area (Å²) >= 11 is 0. The Morgan fingerprint density at radius 1 is 1.14 bits per heavy atom. The number of rotatable bonds is 5. The molecule has 8 nitrogen and oxygen atoms in total. The molecule has 1 unspecified atom stereocenters. The number of hydrogen-bond donors (Lipinski definition) is 2. The fourth-order valence-corrected chi connectivity index (χ4v) is 6.07. The highest BCUT2D eigenvalue weighted by Gasteiger charge is 2.35. The predicted octanol–water partition coefficient (Wildman–Crippen LogP) is 4.88. The van der Waals surface area contributed by atoms with E-state index >= 15 is 0 Å². The Hall–Kier alpha value is -3.39. The third kappa shape index (κ3) is 4.13. The average molecular weight is 492 g/mol. The monoisotopic (exact) mass is 491 g/mol. The number of carboxylic acids is 1. The lowest BCUT2D eigenvalue weighted by molar-refractivity contribution is -0.143. The first-order chi connectivity index (χ1) is 17.4. The van der Waals surface area contributed by atoms with Crippen molar-refractivity contribution in [2.45, 2.75) is 63.5 Å². The molecular formula is C28H33N3O5. The van der Waals surface area contributed by atoms with Crippen LogP contribution in [0.15, 0.2) is 42.5 Å². The van der Waals surface area contributed by atoms with Gasteiger partial charge < -0.3 is 19.5 Å². The van der Waals surface area contributed by atoms with Crippen molar-refractivity contribution in [3.05, 3.63) is 59.4 Å². The van der Waals surface area contributed by atoms with Gasteiger partial charge in [0.25, 0.3) is 0 Å². The van der Waals surface area contributed by atoms with Crippen molar-refractivity contribution >= 4 is 28.8 Å². The van der Waals surface area contributed by atoms with Gasteiger partial charge in [-0.25, -0.2) is 9.78 Å². The van der Waals surface area contributed by atoms with Crippen LogP contribution in [0.5, 0.6) is 0 Å². The van der Waals surface area contributed by atoms with Crippen molar-refractivity contribution in [2.24, 2.45) is 5.92 Å². The highest BCUT2D eigenvalue weighted by atomic mass is 16.5. The van der Waals surface area contributed by atoms with E-state index in [9.17, 15) is 19.8 Å². The van der Waals surface area contributed by atoms with Gasteiger partial charge in [-0.1, -0.05) is 36.8 Å². The van der Waals surface area contributed by atoms with Gasteiger partial charge in [-0.2, -0.15) is 0 Å². The number of fused-ring (bicyclic) bond motifs is 3. The molecule has 0 spiro atoms. The number of methoxy groups -OCH3 is 1. The van der Waals surface area contributed by atoms with Gasteiger partial charge in [0.1, 0.15) is 5.82 Å². The molecule has 1 aliphatic heterocycles. The highest BCUT2D eigenvalue weighted by molar-refractivity contribution is 5.95. The molecule has 2 heterocycles. The van der Waals surface area contributed by atoms with Crippen molar-refractivity contribution in [3.8, 4) is 0 Å². The maximum atomic E-state index is 12.6. The third-order valence-electron chi connectivity index (χ3n) is 7.91. The van der Waals surface area contributed by atoms with Gasteiger partial charge in [0.05, 0.1) is 42.3 Å². The fourth-order valence-electron chi connectivity index (χ4n) is 6.07. The van der Waals surface area contributed by atoms with Crippen LogP contribution in [0.3, 0.4) is 0 Å². The first-order valence-electron chi connectivity index (χ1n) is 12.7. The molecule has 1 fully saturated rings. The molecule has 2 aliphatic rings. The number of aliphatic carboxylic acids is 1. The van der Waals surface area contributed by atoms with Crippen LogP contribution in [0, 0.1) is 5.92 Å². The number of benzene rings is 2. The van der Waals surface area contributed by atoms with E-state index < -0.39 is 18.0 Å². The number of aromatic nitrogens is 2. The summed E-state index contributed by atoms with van der Waals surface area (Å²) in [5.41, 5.74) is 4.49. The van der Waals surface area contributed by atoms with E-state index in [1.54, 1.807) is 4.90 Å². The number of aliphatic hydroxyl groups is 1. The molecule has 190 valence electrons. The van der Waals surface area contributed by atoms with E-state index in [1.807, 2.05) is 49.4 Å². The van der Waals surface area contributed by atoms with Crippen molar-refractivity contribution < 1.29 is 24.5 Å². The molecule has 1 aromatic heterocycles. The molecule has 3 aromatic rings. The van der Waals surface area contributed by atoms with Crippen molar-refractivity contribution in [1.29, 1.82) is 0 Å². The molecule has 1 saturated carbocycles. The number of aryl methyl sites for hydroxylation is 1. The number of carbonyl (C=O) groups is 2. The van der Waals surface area contributed by atoms with Crippen LogP contribution in [-0.2, 0) is 16.0 Å². The number of aliphatic hydroxyl groups excluding tert-OH is 1. The van der Waals surface area contributed by atoms with Gasteiger partial charge in [-0.3, -0.25) is 9.69 Å². The lowest BCUT2D eigenvalue weighted by atomic mass is 9.85. The Morgan fingerprint density at radius 2 is 1.92 bits per heavy atom. The van der Waals surface area contributed by atoms with Gasteiger partial charge in [-0.15, -0.1) is 0 Å². The minimum absolute atomic E-state index is 0.00753. The number of carboxylic acid groups (broad SMARTS) is 1. The van der Waals surface area contributed by atoms with Gasteiger partial charge in [0, 0.05) is 17.6 Å². The van der Waals surface area contributed by atoms with Crippen LogP contribution >= 0.6 is 0 Å². The van der Waals surface area contributed by atoms with Crippen molar-refractivity contribution in [3.63, 3.8) is 0 Å². The Bertz CT molecular complexity index is 1270. The normalized spacial score (nSPS) is 22.8. The maximum Gasteiger partial charge on any atom is 0.414 e. The summed E-state index contributed by atoms with van der Waals surface area (Å²) in [7, 11) is 1.39. The second-order valence-electron chi connectivity index (χ2n) is 10.0. The van der Waals surface area contributed by atoms with Crippen LogP contribution in [-0.4, -0.2) is 51.6 Å². The Kier molecular flexibility index (Phi) is 6.71. The number of hydrogen-bond acceptors (Lipinski definition) is 5. The van der Waals surface area contributed by atoms with Gasteiger partial charge in [-0.05, 0) is 56.7 Å². The summed E-state index contributed by atoms with van der Waals surface area (Å²) < 4.78 is 7.25. The molecule has 1 amide bonds. The number of nitrogens with zero attached hydrogens (tertiary/aromatic N) is 3. The first kappa shape index (κ1) is 24.3. The van der Waals surface area contributed by atoms with Gasteiger partial charge in [0.15, 0.2) is 0 Å². The number of anilines is 1. The molecule has 2 aromatic carbocycles. The van der Waals surface area contributed by atoms with Crippen molar-refractivity contribution in [1.82, 2.24) is 9.55 Å². The molecule has 0 bridgehead atoms. The molecule has 1 aliphatic carbocycles. The molecule has 2 N–H and O–H groups in total. The first-order valence-corrected chi connectivity index (χ1v) is 12.7. The molecule has 36 heavy (non-hydrogen) atoms. The average Bonchev–Trinajstić information content (AvgIpc) is 3.28. The smallest absolute Gasteiger partial charge is 0.414 e. The SMILES string of the molecule is COC(=O)N1c2ccc3c(nc([C@H](CO)c4ccccc4)n3[C@@H]3CCC[C@@H](C(=O)O)C3)c2CCC1C. The minimum atomic E-state index is -0.757. The fraction of sp³-hybridized carbons (Fsp3) is 0.464. The zero-order valence-electron chi connectivity index (χ0n) is 20.8. The second kappa shape index (κ2) is 9.93. The largest absolute Gasteiger partial charge is 0.481 e. The summed E-state index contributed by atoms with van der Waals surface area (Å²) in [4.78, 5) is 31.3. The van der Waals surface area contributed by atoms with Crippen LogP contribution < -0.4 is 4.90 Å². The van der Waals surface area contributed by atoms with Crippen LogP contribution in [0.1, 0.15) is 67.9 Å². The van der Waals surface area contributed by atoms with E-state index in [1.165, 1.54) is 7.11 Å². The molecule has 0 saturated heterocycles. The minimum Gasteiger partial charge on any atom is -0.481 e. The second-order valence-corrected chi connectivity index (χ2v) is 10.0. The van der Waals surface area contributed by atoms with E-state index in [4.69, 9.17) is 9.72 Å². The zero-order chi connectivity index (χ0) is 25.4. The predicted molar refractivity (Wildman–Crippen MR) is 136 cm³/mol. The molecular weight excluding hydrogens is 458 g/mol. The van der Waals surface area contributed by atoms with Crippen LogP contribution in [0.25, 0.3) is 11.0 Å². The lowest BCUT2D eigenvalue weighted by Gasteiger charge is -2.34. The Labute approximate surface area is 210 Å². The number of carbonyl (C=O) groups excluding carboxylic acids is 1. The standard InChI is InChI=1S/C28H33N3O5/c1-17-11-12-21-23(30(17)28(35)36-2)13-14-24-25(21)29-26(22(16-32)18-7-4-3-5-8-18)31(24)20-10-6-9-19(15-20)27(33)34/h3-5,7-8,13-14,17,19-20,22,32H,6,9-12,15-16H2,1-2H3,(H,33,34)/t17?,19-,20-,22-/m1/s1. The summed E-state index contributed by atoms with van der Waals surface area (Å²) in [6.45, 7) is 1.90. The third-order valence-corrected chi connectivity index (χ3v) is 7.91. The molecule has 5 rings (SSSR count). The van der Waals surface area contributed by atoms with E-state index in [0.29, 0.717) is 12.8 Å². The summed E-state index contributed by atoms with van der Waals surface area (Å²) in [6.07, 6.45) is 4.06. The number of amides is 1. The molecule has 4 atom stereocenters. The summed E-state index contributed by atoms with van der Waals surface area (Å²) in [5.74, 6) is -0.760. The maximum absolute atomic E-state index is 12.6. The number of imidazole rings is 1. The quantitative estimate of drug-likeness (QED) is 0.527. The Balaban J connectivity index is 1.71. The zero-order valence-corrected chi connectivity index (χ0v) is 20.8. The van der Waals surface area contributed by atoms with E-state index in [0.717, 1.165) is 59.4 Å². The molecule has 0 radical (unpaired) electrons. The topological polar surface area (TPSA) is 105 Å². The van der Waals surface area contributed by atoms with Crippen molar-refractivity contribution in [2.75, 3.05) is 18.6 Å². The van der Waals surface area contributed by atoms with Crippen LogP contribution in [0.2, 0.25) is 0 Å². The van der Waals surface area contributed by atoms with Crippen LogP contribution in [0.4, 0.5) is 10.5 Å². The lowest BCUT2D eigenvalue weighted by Crippen LogP contribution is -2.42.